The van der Waals surface area contributed by atoms with E-state index in [1.165, 1.54) is 18.4 Å². The third kappa shape index (κ3) is 6.36. The predicted octanol–water partition coefficient (Wildman–Crippen LogP) is 3.15. The van der Waals surface area contributed by atoms with E-state index in [2.05, 4.69) is 21.2 Å². The van der Waals surface area contributed by atoms with Gasteiger partial charge in [0.25, 0.3) is 5.91 Å². The van der Waals surface area contributed by atoms with Crippen LogP contribution in [0.15, 0.2) is 48.5 Å². The van der Waals surface area contributed by atoms with Crippen molar-refractivity contribution in [1.82, 2.24) is 15.1 Å². The maximum Gasteiger partial charge on any atom is 0.251 e. The second-order valence-electron chi connectivity index (χ2n) is 7.66. The number of hydrogen-bond acceptors (Lipinski definition) is 4. The lowest BCUT2D eigenvalue weighted by Gasteiger charge is -2.15. The number of likely N-dealkylation sites (tertiary alicyclic amines) is 1. The van der Waals surface area contributed by atoms with Crippen molar-refractivity contribution < 1.29 is 9.53 Å². The minimum atomic E-state index is -0.0328. The first-order chi connectivity index (χ1) is 13.6. The molecule has 0 spiro atoms. The molecule has 1 saturated heterocycles. The van der Waals surface area contributed by atoms with Crippen LogP contribution in [0.2, 0.25) is 0 Å². The van der Waals surface area contributed by atoms with E-state index in [1.807, 2.05) is 56.6 Å². The van der Waals surface area contributed by atoms with E-state index in [0.717, 1.165) is 43.1 Å². The molecule has 0 radical (unpaired) electrons. The van der Waals surface area contributed by atoms with Gasteiger partial charge in [-0.05, 0) is 75.4 Å². The molecule has 3 rings (SSSR count). The van der Waals surface area contributed by atoms with Gasteiger partial charge in [-0.25, -0.2) is 0 Å². The van der Waals surface area contributed by atoms with Gasteiger partial charge in [0.2, 0.25) is 0 Å². The lowest BCUT2D eigenvalue weighted by Crippen LogP contribution is -2.23. The maximum atomic E-state index is 12.5. The molecule has 2 aromatic rings. The van der Waals surface area contributed by atoms with Crippen molar-refractivity contribution in [2.24, 2.45) is 0 Å². The largest absolute Gasteiger partial charge is 0.492 e. The Bertz CT molecular complexity index is 753. The highest BCUT2D eigenvalue weighted by atomic mass is 16.5. The Hall–Kier alpha value is -2.37. The van der Waals surface area contributed by atoms with Crippen molar-refractivity contribution in [2.75, 3.05) is 40.3 Å². The van der Waals surface area contributed by atoms with Gasteiger partial charge in [0.05, 0.1) is 0 Å². The molecule has 0 saturated carbocycles. The molecule has 0 atom stereocenters. The quantitative estimate of drug-likeness (QED) is 0.725. The van der Waals surface area contributed by atoms with Crippen molar-refractivity contribution in [3.8, 4) is 5.75 Å². The van der Waals surface area contributed by atoms with Crippen molar-refractivity contribution in [1.29, 1.82) is 0 Å². The summed E-state index contributed by atoms with van der Waals surface area (Å²) >= 11 is 0. The fourth-order valence-corrected chi connectivity index (χ4v) is 3.34. The summed E-state index contributed by atoms with van der Waals surface area (Å²) in [6, 6.07) is 15.9. The summed E-state index contributed by atoms with van der Waals surface area (Å²) in [6.45, 7) is 5.30. The fraction of sp³-hybridized carbons (Fsp3) is 0.435. The summed E-state index contributed by atoms with van der Waals surface area (Å²) in [5.74, 6) is 0.820. The number of carbonyl (C=O) groups excluding carboxylic acids is 1. The monoisotopic (exact) mass is 381 g/mol. The molecule has 0 aromatic heterocycles. The molecule has 1 N–H and O–H groups in total. The summed E-state index contributed by atoms with van der Waals surface area (Å²) in [5.41, 5.74) is 2.98. The highest BCUT2D eigenvalue weighted by Crippen LogP contribution is 2.15. The van der Waals surface area contributed by atoms with Gasteiger partial charge >= 0.3 is 0 Å². The molecule has 2 aromatic carbocycles. The van der Waals surface area contributed by atoms with Crippen LogP contribution in [0.5, 0.6) is 5.75 Å². The number of carbonyl (C=O) groups is 1. The number of hydrogen-bond donors (Lipinski definition) is 1. The molecule has 28 heavy (non-hydrogen) atoms. The molecule has 0 unspecified atom stereocenters. The summed E-state index contributed by atoms with van der Waals surface area (Å²) in [4.78, 5) is 17.1. The van der Waals surface area contributed by atoms with Gasteiger partial charge in [-0.15, -0.1) is 0 Å². The molecule has 1 fully saturated rings. The Morgan fingerprint density at radius 2 is 1.82 bits per heavy atom. The van der Waals surface area contributed by atoms with Crippen LogP contribution in [-0.4, -0.2) is 56.0 Å². The van der Waals surface area contributed by atoms with Gasteiger partial charge in [-0.3, -0.25) is 9.69 Å². The highest BCUT2D eigenvalue weighted by molar-refractivity contribution is 5.94. The second-order valence-corrected chi connectivity index (χ2v) is 7.66. The number of benzene rings is 2. The fourth-order valence-electron chi connectivity index (χ4n) is 3.34. The first-order valence-corrected chi connectivity index (χ1v) is 10.1. The summed E-state index contributed by atoms with van der Waals surface area (Å²) in [7, 11) is 4.05. The zero-order valence-electron chi connectivity index (χ0n) is 17.0. The van der Waals surface area contributed by atoms with Crippen molar-refractivity contribution in [2.45, 2.75) is 25.9 Å². The zero-order valence-corrected chi connectivity index (χ0v) is 17.0. The van der Waals surface area contributed by atoms with E-state index < -0.39 is 0 Å². The van der Waals surface area contributed by atoms with Crippen LogP contribution in [0.3, 0.4) is 0 Å². The van der Waals surface area contributed by atoms with E-state index in [9.17, 15) is 4.79 Å². The molecule has 1 amide bonds. The smallest absolute Gasteiger partial charge is 0.251 e. The molecule has 1 aliphatic rings. The number of nitrogens with one attached hydrogen (secondary N) is 1. The first-order valence-electron chi connectivity index (χ1n) is 10.1. The predicted molar refractivity (Wildman–Crippen MR) is 113 cm³/mol. The lowest BCUT2D eigenvalue weighted by molar-refractivity contribution is 0.0950. The lowest BCUT2D eigenvalue weighted by atomic mass is 10.1. The van der Waals surface area contributed by atoms with Crippen LogP contribution in [0.1, 0.15) is 34.3 Å². The van der Waals surface area contributed by atoms with Crippen molar-refractivity contribution >= 4 is 5.91 Å². The maximum absolute atomic E-state index is 12.5. The van der Waals surface area contributed by atoms with E-state index in [-0.39, 0.29) is 5.91 Å². The molecular formula is C23H31N3O2. The van der Waals surface area contributed by atoms with Gasteiger partial charge in [0.1, 0.15) is 12.4 Å². The molecule has 5 nitrogen and oxygen atoms in total. The standard InChI is InChI=1S/C23H31N3O2/c1-25(2)14-15-28-22-10-8-19(9-11-22)17-24-23(27)21-7-5-6-20(16-21)18-26-12-3-4-13-26/h5-11,16H,3-4,12-15,17-18H2,1-2H3,(H,24,27). The minimum absolute atomic E-state index is 0.0328. The zero-order chi connectivity index (χ0) is 19.8. The van der Waals surface area contributed by atoms with E-state index in [0.29, 0.717) is 13.2 Å². The van der Waals surface area contributed by atoms with Gasteiger partial charge in [0.15, 0.2) is 0 Å². The normalized spacial score (nSPS) is 14.4. The molecule has 1 heterocycles. The van der Waals surface area contributed by atoms with Gasteiger partial charge < -0.3 is 15.0 Å². The summed E-state index contributed by atoms with van der Waals surface area (Å²) < 4.78 is 5.70. The van der Waals surface area contributed by atoms with Crippen LogP contribution < -0.4 is 10.1 Å². The molecular weight excluding hydrogens is 350 g/mol. The number of nitrogens with zero attached hydrogens (tertiary/aromatic N) is 2. The average Bonchev–Trinajstić information content (AvgIpc) is 3.20. The van der Waals surface area contributed by atoms with Crippen LogP contribution >= 0.6 is 0 Å². The number of ether oxygens (including phenoxy) is 1. The Morgan fingerprint density at radius 3 is 2.54 bits per heavy atom. The molecule has 0 aliphatic carbocycles. The Morgan fingerprint density at radius 1 is 1.07 bits per heavy atom. The Labute approximate surface area is 168 Å². The Balaban J connectivity index is 1.48. The summed E-state index contributed by atoms with van der Waals surface area (Å²) in [6.07, 6.45) is 2.55. The van der Waals surface area contributed by atoms with Gasteiger partial charge in [-0.2, -0.15) is 0 Å². The number of likely N-dealkylation sites (N-methyl/N-ethyl adjacent to an activating group) is 1. The number of rotatable bonds is 9. The molecule has 5 heteroatoms. The minimum Gasteiger partial charge on any atom is -0.492 e. The molecule has 1 aliphatic heterocycles. The van der Waals surface area contributed by atoms with E-state index in [4.69, 9.17) is 4.74 Å². The highest BCUT2D eigenvalue weighted by Gasteiger charge is 2.13. The Kier molecular flexibility index (Phi) is 7.46. The van der Waals surface area contributed by atoms with Crippen LogP contribution in [-0.2, 0) is 13.1 Å². The van der Waals surface area contributed by atoms with E-state index in [1.54, 1.807) is 0 Å². The van der Waals surface area contributed by atoms with Crippen molar-refractivity contribution in [3.05, 3.63) is 65.2 Å². The third-order valence-electron chi connectivity index (χ3n) is 4.98. The van der Waals surface area contributed by atoms with E-state index >= 15 is 0 Å². The third-order valence-corrected chi connectivity index (χ3v) is 4.98. The SMILES string of the molecule is CN(C)CCOc1ccc(CNC(=O)c2cccc(CN3CCCC3)c2)cc1. The topological polar surface area (TPSA) is 44.8 Å². The first kappa shape index (κ1) is 20.4. The van der Waals surface area contributed by atoms with Gasteiger partial charge in [0, 0.05) is 25.2 Å². The average molecular weight is 382 g/mol. The van der Waals surface area contributed by atoms with Gasteiger partial charge in [-0.1, -0.05) is 24.3 Å². The number of amides is 1. The van der Waals surface area contributed by atoms with Crippen LogP contribution in [0.4, 0.5) is 0 Å². The van der Waals surface area contributed by atoms with Crippen LogP contribution in [0, 0.1) is 0 Å². The van der Waals surface area contributed by atoms with Crippen LogP contribution in [0.25, 0.3) is 0 Å². The van der Waals surface area contributed by atoms with Crippen molar-refractivity contribution in [3.63, 3.8) is 0 Å². The molecule has 150 valence electrons. The summed E-state index contributed by atoms with van der Waals surface area (Å²) in [5, 5.41) is 3.01. The second kappa shape index (κ2) is 10.2. The molecule has 0 bridgehead atoms.